The summed E-state index contributed by atoms with van der Waals surface area (Å²) in [4.78, 5) is 14.4. The van der Waals surface area contributed by atoms with Crippen LogP contribution in [0.15, 0.2) is 53.4 Å². The van der Waals surface area contributed by atoms with Gasteiger partial charge in [0.2, 0.25) is 10.0 Å². The first-order chi connectivity index (χ1) is 12.8. The van der Waals surface area contributed by atoms with Gasteiger partial charge in [0.15, 0.2) is 0 Å². The van der Waals surface area contributed by atoms with Crippen molar-refractivity contribution in [2.24, 2.45) is 0 Å². The van der Waals surface area contributed by atoms with Gasteiger partial charge in [-0.1, -0.05) is 25.1 Å². The molecule has 0 atom stereocenters. The minimum atomic E-state index is -3.57. The Morgan fingerprint density at radius 2 is 1.78 bits per heavy atom. The van der Waals surface area contributed by atoms with E-state index in [2.05, 4.69) is 34.3 Å². The molecule has 2 aromatic rings. The molecule has 0 saturated carbocycles. The van der Waals surface area contributed by atoms with Gasteiger partial charge in [-0.2, -0.15) is 0 Å². The third kappa shape index (κ3) is 6.08. The number of amides is 1. The van der Waals surface area contributed by atoms with E-state index < -0.39 is 10.0 Å². The minimum Gasteiger partial charge on any atom is -0.378 e. The Kier molecular flexibility index (Phi) is 7.38. The fourth-order valence-electron chi connectivity index (χ4n) is 2.64. The third-order valence-corrected chi connectivity index (χ3v) is 5.66. The first-order valence-electron chi connectivity index (χ1n) is 8.97. The fourth-order valence-corrected chi connectivity index (χ4v) is 3.72. The normalized spacial score (nSPS) is 11.2. The van der Waals surface area contributed by atoms with E-state index in [4.69, 9.17) is 0 Å². The number of anilines is 1. The molecule has 2 N–H and O–H groups in total. The van der Waals surface area contributed by atoms with Gasteiger partial charge in [-0.05, 0) is 48.7 Å². The smallest absolute Gasteiger partial charge is 0.251 e. The van der Waals surface area contributed by atoms with E-state index in [9.17, 15) is 13.2 Å². The van der Waals surface area contributed by atoms with Crippen LogP contribution in [0, 0.1) is 0 Å². The van der Waals surface area contributed by atoms with Crippen molar-refractivity contribution in [3.8, 4) is 0 Å². The first-order valence-corrected chi connectivity index (χ1v) is 10.5. The minimum absolute atomic E-state index is 0.0954. The van der Waals surface area contributed by atoms with E-state index in [1.165, 1.54) is 17.7 Å². The second-order valence-corrected chi connectivity index (χ2v) is 8.22. The van der Waals surface area contributed by atoms with Gasteiger partial charge in [-0.25, -0.2) is 13.1 Å². The summed E-state index contributed by atoms with van der Waals surface area (Å²) >= 11 is 0. The van der Waals surface area contributed by atoms with E-state index >= 15 is 0 Å². The van der Waals surface area contributed by atoms with Crippen LogP contribution in [0.4, 0.5) is 5.69 Å². The second-order valence-electron chi connectivity index (χ2n) is 6.45. The number of nitrogens with zero attached hydrogens (tertiary/aromatic N) is 1. The molecule has 0 unspecified atom stereocenters. The predicted molar refractivity (Wildman–Crippen MR) is 109 cm³/mol. The third-order valence-electron chi connectivity index (χ3n) is 4.12. The molecular formula is C20H27N3O3S. The molecule has 0 bridgehead atoms. The number of hydrogen-bond donors (Lipinski definition) is 2. The average molecular weight is 390 g/mol. The zero-order valence-corrected chi connectivity index (χ0v) is 16.8. The maximum absolute atomic E-state index is 12.3. The molecule has 2 aromatic carbocycles. The summed E-state index contributed by atoms with van der Waals surface area (Å²) in [7, 11) is 0.435. The Morgan fingerprint density at radius 3 is 2.41 bits per heavy atom. The lowest BCUT2D eigenvalue weighted by atomic mass is 10.1. The number of benzene rings is 2. The Balaban J connectivity index is 1.87. The summed E-state index contributed by atoms with van der Waals surface area (Å²) in [5.74, 6) is -0.272. The Bertz CT molecular complexity index is 862. The van der Waals surface area contributed by atoms with Crippen molar-refractivity contribution in [3.05, 3.63) is 59.7 Å². The van der Waals surface area contributed by atoms with Gasteiger partial charge in [0.1, 0.15) is 0 Å². The summed E-state index contributed by atoms with van der Waals surface area (Å²) in [6, 6.07) is 14.4. The molecule has 0 saturated heterocycles. The quantitative estimate of drug-likeness (QED) is 0.646. The van der Waals surface area contributed by atoms with Crippen LogP contribution in [0.2, 0.25) is 0 Å². The van der Waals surface area contributed by atoms with Crippen LogP contribution in [0.3, 0.4) is 0 Å². The van der Waals surface area contributed by atoms with Crippen molar-refractivity contribution in [2.45, 2.75) is 24.7 Å². The molecule has 0 fully saturated rings. The lowest BCUT2D eigenvalue weighted by molar-refractivity contribution is 0.0953. The molecule has 0 aliphatic carbocycles. The SMILES string of the molecule is CCNS(=O)(=O)c1cccc(C(=O)NCCCc2ccc(N(C)C)cc2)c1. The summed E-state index contributed by atoms with van der Waals surface area (Å²) in [6.07, 6.45) is 1.67. The molecule has 0 spiro atoms. The van der Waals surface area contributed by atoms with Crippen molar-refractivity contribution in [3.63, 3.8) is 0 Å². The molecule has 146 valence electrons. The van der Waals surface area contributed by atoms with Crippen molar-refractivity contribution in [1.29, 1.82) is 0 Å². The number of nitrogens with one attached hydrogen (secondary N) is 2. The molecule has 0 heterocycles. The molecular weight excluding hydrogens is 362 g/mol. The van der Waals surface area contributed by atoms with Gasteiger partial charge in [0.25, 0.3) is 5.91 Å². The van der Waals surface area contributed by atoms with Gasteiger partial charge in [-0.3, -0.25) is 4.79 Å². The van der Waals surface area contributed by atoms with Crippen LogP contribution in [0.25, 0.3) is 0 Å². The van der Waals surface area contributed by atoms with Crippen LogP contribution >= 0.6 is 0 Å². The van der Waals surface area contributed by atoms with Crippen LogP contribution in [-0.4, -0.2) is 41.5 Å². The highest BCUT2D eigenvalue weighted by Gasteiger charge is 2.15. The molecule has 27 heavy (non-hydrogen) atoms. The average Bonchev–Trinajstić information content (AvgIpc) is 2.65. The number of carbonyl (C=O) groups excluding carboxylic acids is 1. The van der Waals surface area contributed by atoms with Crippen LogP contribution < -0.4 is 14.9 Å². The van der Waals surface area contributed by atoms with Crippen molar-refractivity contribution < 1.29 is 13.2 Å². The Hall–Kier alpha value is -2.38. The number of aryl methyl sites for hydroxylation is 1. The van der Waals surface area contributed by atoms with Gasteiger partial charge in [-0.15, -0.1) is 0 Å². The summed E-state index contributed by atoms with van der Waals surface area (Å²) in [5.41, 5.74) is 2.71. The molecule has 0 aromatic heterocycles. The monoisotopic (exact) mass is 389 g/mol. The zero-order chi connectivity index (χ0) is 19.9. The topological polar surface area (TPSA) is 78.5 Å². The van der Waals surface area contributed by atoms with Crippen molar-refractivity contribution in [2.75, 3.05) is 32.1 Å². The number of carbonyl (C=O) groups is 1. The van der Waals surface area contributed by atoms with E-state index in [1.54, 1.807) is 19.1 Å². The van der Waals surface area contributed by atoms with E-state index in [0.717, 1.165) is 18.5 Å². The zero-order valence-electron chi connectivity index (χ0n) is 16.0. The van der Waals surface area contributed by atoms with Crippen molar-refractivity contribution >= 4 is 21.6 Å². The molecule has 1 amide bonds. The lowest BCUT2D eigenvalue weighted by Gasteiger charge is -2.12. The van der Waals surface area contributed by atoms with Gasteiger partial charge in [0.05, 0.1) is 4.90 Å². The number of sulfonamides is 1. The maximum Gasteiger partial charge on any atom is 0.251 e. The van der Waals surface area contributed by atoms with E-state index in [1.807, 2.05) is 19.0 Å². The highest BCUT2D eigenvalue weighted by molar-refractivity contribution is 7.89. The van der Waals surface area contributed by atoms with Crippen LogP contribution in [0.5, 0.6) is 0 Å². The first kappa shape index (κ1) is 20.9. The molecule has 0 aliphatic rings. The fraction of sp³-hybridized carbons (Fsp3) is 0.350. The van der Waals surface area contributed by atoms with E-state index in [-0.39, 0.29) is 10.8 Å². The maximum atomic E-state index is 12.3. The van der Waals surface area contributed by atoms with Gasteiger partial charge < -0.3 is 10.2 Å². The van der Waals surface area contributed by atoms with Crippen LogP contribution in [0.1, 0.15) is 29.3 Å². The number of rotatable bonds is 9. The van der Waals surface area contributed by atoms with Crippen LogP contribution in [-0.2, 0) is 16.4 Å². The largest absolute Gasteiger partial charge is 0.378 e. The Morgan fingerprint density at radius 1 is 1.07 bits per heavy atom. The molecule has 7 heteroatoms. The molecule has 0 radical (unpaired) electrons. The molecule has 6 nitrogen and oxygen atoms in total. The number of hydrogen-bond acceptors (Lipinski definition) is 4. The van der Waals surface area contributed by atoms with E-state index in [0.29, 0.717) is 18.7 Å². The summed E-state index contributed by atoms with van der Waals surface area (Å²) in [5, 5.41) is 2.85. The predicted octanol–water partition coefficient (Wildman–Crippen LogP) is 2.41. The standard InChI is InChI=1S/C20H27N3O3S/c1-4-22-27(25,26)19-9-5-8-17(15-19)20(24)21-14-6-7-16-10-12-18(13-11-16)23(2)3/h5,8-13,15,22H,4,6-7,14H2,1-3H3,(H,21,24). The summed E-state index contributed by atoms with van der Waals surface area (Å²) < 4.78 is 26.5. The molecule has 0 aliphatic heterocycles. The highest BCUT2D eigenvalue weighted by Crippen LogP contribution is 2.14. The summed E-state index contributed by atoms with van der Waals surface area (Å²) in [6.45, 7) is 2.54. The Labute approximate surface area is 161 Å². The molecule has 2 rings (SSSR count). The van der Waals surface area contributed by atoms with Crippen molar-refractivity contribution in [1.82, 2.24) is 10.0 Å². The second kappa shape index (κ2) is 9.53. The lowest BCUT2D eigenvalue weighted by Crippen LogP contribution is -2.26. The van der Waals surface area contributed by atoms with Gasteiger partial charge in [0, 0.05) is 38.4 Å². The highest BCUT2D eigenvalue weighted by atomic mass is 32.2. The van der Waals surface area contributed by atoms with Gasteiger partial charge >= 0.3 is 0 Å².